The number of ether oxygens (including phenoxy) is 1. The third-order valence-corrected chi connectivity index (χ3v) is 6.66. The van der Waals surface area contributed by atoms with Gasteiger partial charge in [-0.3, -0.25) is 9.10 Å². The van der Waals surface area contributed by atoms with Gasteiger partial charge >= 0.3 is 0 Å². The van der Waals surface area contributed by atoms with Crippen molar-refractivity contribution < 1.29 is 23.1 Å². The number of benzene rings is 3. The van der Waals surface area contributed by atoms with E-state index in [4.69, 9.17) is 16.3 Å². The fraction of sp³-hybridized carbons (Fsp3) is 0.130. The Bertz CT molecular complexity index is 1260. The fourth-order valence-electron chi connectivity index (χ4n) is 2.88. The van der Waals surface area contributed by atoms with Crippen molar-refractivity contribution in [3.63, 3.8) is 0 Å². The lowest BCUT2D eigenvalue weighted by Gasteiger charge is -2.23. The molecule has 3 aromatic carbocycles. The number of hydrogen-bond donors (Lipinski definition) is 2. The zero-order chi connectivity index (χ0) is 24.0. The molecule has 0 aliphatic carbocycles. The van der Waals surface area contributed by atoms with Gasteiger partial charge in [-0.1, -0.05) is 29.3 Å². The number of rotatable bonds is 8. The average Bonchev–Trinajstić information content (AvgIpc) is 2.79. The van der Waals surface area contributed by atoms with Gasteiger partial charge < -0.3 is 9.84 Å². The Morgan fingerprint density at radius 1 is 1.12 bits per heavy atom. The van der Waals surface area contributed by atoms with E-state index in [1.807, 2.05) is 6.92 Å². The standard InChI is InChI=1S/C23H22ClN3O5S/c1-16-3-8-19(9-4-16)27(33(30,31)20-10-6-18(24)7-11-20)15-23(29)26-25-14-17-5-12-21(28)22(13-17)32-2/h3-14,28H,15H2,1-2H3,(H,26,29)/b25-14-. The number of sulfonamides is 1. The largest absolute Gasteiger partial charge is 0.504 e. The van der Waals surface area contributed by atoms with Crippen molar-refractivity contribution in [2.75, 3.05) is 18.0 Å². The number of phenolic OH excluding ortho intramolecular Hbond substituents is 1. The molecule has 0 saturated heterocycles. The minimum absolute atomic E-state index is 0.0000328. The molecule has 0 radical (unpaired) electrons. The molecule has 10 heteroatoms. The number of nitrogens with zero attached hydrogens (tertiary/aromatic N) is 2. The first-order chi connectivity index (χ1) is 15.7. The second kappa shape index (κ2) is 10.4. The average molecular weight is 488 g/mol. The predicted molar refractivity (Wildman–Crippen MR) is 128 cm³/mol. The molecule has 172 valence electrons. The van der Waals surface area contributed by atoms with Crippen LogP contribution in [-0.4, -0.2) is 39.3 Å². The number of carbonyl (C=O) groups excluding carboxylic acids is 1. The van der Waals surface area contributed by atoms with Crippen LogP contribution in [0.1, 0.15) is 11.1 Å². The van der Waals surface area contributed by atoms with Gasteiger partial charge in [-0.25, -0.2) is 13.8 Å². The quantitative estimate of drug-likeness (QED) is 0.372. The molecule has 0 fully saturated rings. The van der Waals surface area contributed by atoms with Gasteiger partial charge in [0.15, 0.2) is 11.5 Å². The Balaban J connectivity index is 1.82. The van der Waals surface area contributed by atoms with Crippen LogP contribution in [0.2, 0.25) is 5.02 Å². The zero-order valence-electron chi connectivity index (χ0n) is 17.9. The summed E-state index contributed by atoms with van der Waals surface area (Å²) in [5.74, 6) is -0.417. The third kappa shape index (κ3) is 6.03. The summed E-state index contributed by atoms with van der Waals surface area (Å²) in [7, 11) is -2.64. The van der Waals surface area contributed by atoms with Crippen LogP contribution in [0.3, 0.4) is 0 Å². The summed E-state index contributed by atoms with van der Waals surface area (Å²) in [6.07, 6.45) is 1.35. The highest BCUT2D eigenvalue weighted by atomic mass is 35.5. The zero-order valence-corrected chi connectivity index (χ0v) is 19.5. The molecule has 0 heterocycles. The monoisotopic (exact) mass is 487 g/mol. The Morgan fingerprint density at radius 2 is 1.79 bits per heavy atom. The molecule has 3 rings (SSSR count). The summed E-state index contributed by atoms with van der Waals surface area (Å²) in [6, 6.07) is 17.0. The van der Waals surface area contributed by atoms with Gasteiger partial charge in [-0.2, -0.15) is 5.10 Å². The molecule has 2 N–H and O–H groups in total. The Kier molecular flexibility index (Phi) is 7.57. The maximum atomic E-state index is 13.3. The molecule has 0 bridgehead atoms. The van der Waals surface area contributed by atoms with Crippen LogP contribution in [0.25, 0.3) is 0 Å². The molecular weight excluding hydrogens is 466 g/mol. The Morgan fingerprint density at radius 3 is 2.42 bits per heavy atom. The molecule has 0 saturated carbocycles. The van der Waals surface area contributed by atoms with E-state index in [-0.39, 0.29) is 16.4 Å². The summed E-state index contributed by atoms with van der Waals surface area (Å²) >= 11 is 5.89. The minimum atomic E-state index is -4.05. The molecule has 0 atom stereocenters. The molecule has 3 aromatic rings. The number of halogens is 1. The smallest absolute Gasteiger partial charge is 0.264 e. The highest BCUT2D eigenvalue weighted by Gasteiger charge is 2.27. The number of amides is 1. The van der Waals surface area contributed by atoms with Gasteiger partial charge in [0, 0.05) is 5.02 Å². The van der Waals surface area contributed by atoms with Crippen LogP contribution < -0.4 is 14.5 Å². The SMILES string of the molecule is COc1cc(/C=N\NC(=O)CN(c2ccc(C)cc2)S(=O)(=O)c2ccc(Cl)cc2)ccc1O. The number of hydrazone groups is 1. The lowest BCUT2D eigenvalue weighted by molar-refractivity contribution is -0.119. The van der Waals surface area contributed by atoms with Crippen LogP contribution >= 0.6 is 11.6 Å². The van der Waals surface area contributed by atoms with E-state index in [2.05, 4.69) is 10.5 Å². The lowest BCUT2D eigenvalue weighted by Crippen LogP contribution is -2.39. The normalized spacial score (nSPS) is 11.4. The Labute approximate surface area is 197 Å². The highest BCUT2D eigenvalue weighted by molar-refractivity contribution is 7.92. The van der Waals surface area contributed by atoms with Crippen LogP contribution in [0.4, 0.5) is 5.69 Å². The summed E-state index contributed by atoms with van der Waals surface area (Å²) in [4.78, 5) is 12.6. The molecule has 0 aliphatic heterocycles. The van der Waals surface area contributed by atoms with Gasteiger partial charge in [-0.15, -0.1) is 0 Å². The molecule has 0 aromatic heterocycles. The van der Waals surface area contributed by atoms with Crippen molar-refractivity contribution in [3.8, 4) is 11.5 Å². The minimum Gasteiger partial charge on any atom is -0.504 e. The fourth-order valence-corrected chi connectivity index (χ4v) is 4.43. The summed E-state index contributed by atoms with van der Waals surface area (Å²) in [5, 5.41) is 13.9. The third-order valence-electron chi connectivity index (χ3n) is 4.62. The van der Waals surface area contributed by atoms with Crippen LogP contribution in [0.5, 0.6) is 11.5 Å². The van der Waals surface area contributed by atoms with Crippen LogP contribution in [0.15, 0.2) is 76.7 Å². The molecule has 0 spiro atoms. The van der Waals surface area contributed by atoms with E-state index in [1.165, 1.54) is 49.7 Å². The van der Waals surface area contributed by atoms with Gasteiger partial charge in [0.05, 0.1) is 23.9 Å². The summed E-state index contributed by atoms with van der Waals surface area (Å²) in [6.45, 7) is 1.38. The maximum absolute atomic E-state index is 13.3. The number of anilines is 1. The molecule has 0 aliphatic rings. The van der Waals surface area contributed by atoms with Gasteiger partial charge in [0.25, 0.3) is 15.9 Å². The maximum Gasteiger partial charge on any atom is 0.264 e. The number of aromatic hydroxyl groups is 1. The van der Waals surface area contributed by atoms with Crippen molar-refractivity contribution in [3.05, 3.63) is 82.9 Å². The number of nitrogens with one attached hydrogen (secondary N) is 1. The second-order valence-electron chi connectivity index (χ2n) is 7.03. The van der Waals surface area contributed by atoms with Gasteiger partial charge in [0.2, 0.25) is 0 Å². The van der Waals surface area contributed by atoms with Crippen LogP contribution in [0, 0.1) is 6.92 Å². The van der Waals surface area contributed by atoms with Crippen molar-refractivity contribution >= 4 is 39.4 Å². The van der Waals surface area contributed by atoms with E-state index in [9.17, 15) is 18.3 Å². The molecule has 0 unspecified atom stereocenters. The van der Waals surface area contributed by atoms with Crippen molar-refractivity contribution in [2.24, 2.45) is 5.10 Å². The molecule has 8 nitrogen and oxygen atoms in total. The number of phenols is 1. The van der Waals surface area contributed by atoms with Crippen LogP contribution in [-0.2, 0) is 14.8 Å². The molecule has 33 heavy (non-hydrogen) atoms. The molecule has 1 amide bonds. The topological polar surface area (TPSA) is 108 Å². The number of aryl methyl sites for hydroxylation is 1. The van der Waals surface area contributed by atoms with E-state index >= 15 is 0 Å². The van der Waals surface area contributed by atoms with E-state index in [0.29, 0.717) is 16.3 Å². The summed E-state index contributed by atoms with van der Waals surface area (Å²) < 4.78 is 32.6. The second-order valence-corrected chi connectivity index (χ2v) is 9.32. The van der Waals surface area contributed by atoms with Crippen molar-refractivity contribution in [1.82, 2.24) is 5.43 Å². The summed E-state index contributed by atoms with van der Waals surface area (Å²) in [5.41, 5.74) is 4.17. The first kappa shape index (κ1) is 24.1. The first-order valence-electron chi connectivity index (χ1n) is 9.74. The number of hydrogen-bond acceptors (Lipinski definition) is 6. The number of carbonyl (C=O) groups is 1. The highest BCUT2D eigenvalue weighted by Crippen LogP contribution is 2.26. The van der Waals surface area contributed by atoms with E-state index in [0.717, 1.165) is 9.87 Å². The first-order valence-corrected chi connectivity index (χ1v) is 11.6. The van der Waals surface area contributed by atoms with Crippen molar-refractivity contribution in [2.45, 2.75) is 11.8 Å². The lowest BCUT2D eigenvalue weighted by atomic mass is 10.2. The van der Waals surface area contributed by atoms with Gasteiger partial charge in [0.1, 0.15) is 6.54 Å². The van der Waals surface area contributed by atoms with Gasteiger partial charge in [-0.05, 0) is 67.1 Å². The predicted octanol–water partition coefficient (Wildman–Crippen LogP) is 3.71. The van der Waals surface area contributed by atoms with Crippen molar-refractivity contribution in [1.29, 1.82) is 0 Å². The number of methoxy groups -OCH3 is 1. The van der Waals surface area contributed by atoms with E-state index in [1.54, 1.807) is 30.3 Å². The molecular formula is C23H22ClN3O5S. The Hall–Kier alpha value is -3.56. The van der Waals surface area contributed by atoms with E-state index < -0.39 is 22.5 Å².